The molecule has 1 atom stereocenters. The number of alkyl halides is 6. The molecule has 0 bridgehead atoms. The molecule has 1 unspecified atom stereocenters. The van der Waals surface area contributed by atoms with E-state index < -0.39 is 35.4 Å². The number of hydrogen-bond acceptors (Lipinski definition) is 4. The molecule has 37 heavy (non-hydrogen) atoms. The first kappa shape index (κ1) is 26.3. The number of nitrogens with zero attached hydrogens (tertiary/aromatic N) is 2. The molecular weight excluding hydrogens is 521 g/mol. The van der Waals surface area contributed by atoms with Crippen LogP contribution in [0.4, 0.5) is 30.7 Å². The van der Waals surface area contributed by atoms with Crippen LogP contribution in [-0.2, 0) is 23.7 Å². The topological polar surface area (TPSA) is 45.9 Å². The third kappa shape index (κ3) is 5.81. The summed E-state index contributed by atoms with van der Waals surface area (Å²) in [6, 6.07) is 13.4. The number of benzene rings is 3. The third-order valence-corrected chi connectivity index (χ3v) is 6.27. The van der Waals surface area contributed by atoms with E-state index in [0.717, 1.165) is 18.2 Å². The summed E-state index contributed by atoms with van der Waals surface area (Å²) in [6.45, 7) is -0.300. The lowest BCUT2D eigenvalue weighted by Gasteiger charge is -2.20. The molecule has 3 nitrogen and oxygen atoms in total. The Hall–Kier alpha value is -3.75. The van der Waals surface area contributed by atoms with Gasteiger partial charge in [-0.3, -0.25) is 4.98 Å². The Balaban J connectivity index is 1.73. The number of halogens is 7. The van der Waals surface area contributed by atoms with E-state index in [4.69, 9.17) is 4.74 Å². The van der Waals surface area contributed by atoms with E-state index in [-0.39, 0.29) is 28.9 Å². The largest absolute Gasteiger partial charge is 0.419 e. The van der Waals surface area contributed by atoms with Crippen molar-refractivity contribution in [3.63, 3.8) is 0 Å². The maximum absolute atomic E-state index is 14.0. The van der Waals surface area contributed by atoms with Crippen molar-refractivity contribution in [2.45, 2.75) is 25.1 Å². The average molecular weight is 536 g/mol. The van der Waals surface area contributed by atoms with Crippen LogP contribution in [-0.4, -0.2) is 4.98 Å². The van der Waals surface area contributed by atoms with Gasteiger partial charge in [0.1, 0.15) is 11.9 Å². The zero-order chi connectivity index (χ0) is 26.8. The van der Waals surface area contributed by atoms with Gasteiger partial charge in [0.15, 0.2) is 0 Å². The summed E-state index contributed by atoms with van der Waals surface area (Å²) < 4.78 is 99.6. The molecule has 0 aliphatic carbocycles. The average Bonchev–Trinajstić information content (AvgIpc) is 3.37. The van der Waals surface area contributed by atoms with Gasteiger partial charge in [0, 0.05) is 11.8 Å². The van der Waals surface area contributed by atoms with Gasteiger partial charge in [-0.1, -0.05) is 30.3 Å². The van der Waals surface area contributed by atoms with Crippen molar-refractivity contribution in [1.29, 1.82) is 5.26 Å². The molecule has 0 aliphatic rings. The minimum atomic E-state index is -4.85. The van der Waals surface area contributed by atoms with Gasteiger partial charge < -0.3 is 4.74 Å². The molecular formula is C26H15F7N2OS. The smallest absolute Gasteiger partial charge is 0.363 e. The minimum Gasteiger partial charge on any atom is -0.363 e. The summed E-state index contributed by atoms with van der Waals surface area (Å²) in [5.74, 6) is -1.45. The number of rotatable bonds is 6. The Morgan fingerprint density at radius 1 is 0.892 bits per heavy atom. The first-order valence-electron chi connectivity index (χ1n) is 10.6. The highest BCUT2D eigenvalue weighted by atomic mass is 32.1. The predicted molar refractivity (Wildman–Crippen MR) is 122 cm³/mol. The lowest BCUT2D eigenvalue weighted by molar-refractivity contribution is -0.140. The van der Waals surface area contributed by atoms with Gasteiger partial charge in [0.05, 0.1) is 39.8 Å². The van der Waals surface area contributed by atoms with E-state index in [2.05, 4.69) is 4.98 Å². The van der Waals surface area contributed by atoms with Crippen LogP contribution in [0.1, 0.15) is 38.8 Å². The van der Waals surface area contributed by atoms with Crippen LogP contribution in [0.15, 0.2) is 72.4 Å². The van der Waals surface area contributed by atoms with E-state index in [1.807, 2.05) is 6.07 Å². The van der Waals surface area contributed by atoms with E-state index in [0.29, 0.717) is 16.5 Å². The van der Waals surface area contributed by atoms with Crippen molar-refractivity contribution in [3.8, 4) is 17.2 Å². The van der Waals surface area contributed by atoms with E-state index >= 15 is 0 Å². The maximum Gasteiger partial charge on any atom is 0.419 e. The molecule has 11 heteroatoms. The summed E-state index contributed by atoms with van der Waals surface area (Å²) >= 11 is 1.19. The summed E-state index contributed by atoms with van der Waals surface area (Å²) in [6.07, 6.45) is -8.94. The van der Waals surface area contributed by atoms with Gasteiger partial charge in [-0.2, -0.15) is 31.6 Å². The Morgan fingerprint density at radius 3 is 2.24 bits per heavy atom. The molecule has 0 aliphatic heterocycles. The highest BCUT2D eigenvalue weighted by Crippen LogP contribution is 2.40. The zero-order valence-electron chi connectivity index (χ0n) is 18.6. The maximum atomic E-state index is 14.0. The molecule has 0 spiro atoms. The Bertz CT molecular complexity index is 1440. The van der Waals surface area contributed by atoms with Crippen molar-refractivity contribution in [1.82, 2.24) is 4.98 Å². The van der Waals surface area contributed by atoms with Crippen LogP contribution >= 0.6 is 11.3 Å². The van der Waals surface area contributed by atoms with Gasteiger partial charge in [-0.15, -0.1) is 11.3 Å². The molecule has 0 amide bonds. The van der Waals surface area contributed by atoms with Crippen LogP contribution in [0.3, 0.4) is 0 Å². The van der Waals surface area contributed by atoms with Gasteiger partial charge in [0.2, 0.25) is 0 Å². The standard InChI is InChI=1S/C26H15F7N2OS/c27-22-9-15(5-8-21(22)26(31,32)33)13-36-24(23-12-35-14-37-23)16-6-7-17(11-34)19(10-16)18-3-1-2-4-20(18)25(28,29)30/h1-10,12,14,24H,13H2. The summed E-state index contributed by atoms with van der Waals surface area (Å²) in [7, 11) is 0. The van der Waals surface area contributed by atoms with E-state index in [1.165, 1.54) is 59.4 Å². The summed E-state index contributed by atoms with van der Waals surface area (Å²) in [5.41, 5.74) is -0.470. The molecule has 4 rings (SSSR count). The fourth-order valence-electron chi connectivity index (χ4n) is 3.77. The predicted octanol–water partition coefficient (Wildman–Crippen LogP) is 8.16. The van der Waals surface area contributed by atoms with Crippen LogP contribution in [0.2, 0.25) is 0 Å². The molecule has 1 heterocycles. The van der Waals surface area contributed by atoms with E-state index in [9.17, 15) is 36.0 Å². The fourth-order valence-corrected chi connectivity index (χ4v) is 4.46. The molecule has 0 N–H and O–H groups in total. The highest BCUT2D eigenvalue weighted by Gasteiger charge is 2.35. The summed E-state index contributed by atoms with van der Waals surface area (Å²) in [5, 5.41) is 9.56. The first-order valence-corrected chi connectivity index (χ1v) is 11.4. The fraction of sp³-hybridized carbons (Fsp3) is 0.154. The first-order chi connectivity index (χ1) is 17.5. The van der Waals surface area contributed by atoms with Gasteiger partial charge in [0.25, 0.3) is 0 Å². The highest BCUT2D eigenvalue weighted by molar-refractivity contribution is 7.09. The zero-order valence-corrected chi connectivity index (χ0v) is 19.4. The number of ether oxygens (including phenoxy) is 1. The van der Waals surface area contributed by atoms with Crippen molar-refractivity contribution in [2.75, 3.05) is 0 Å². The second-order valence-corrected chi connectivity index (χ2v) is 8.78. The number of aromatic nitrogens is 1. The number of thiazole rings is 1. The van der Waals surface area contributed by atoms with Gasteiger partial charge >= 0.3 is 12.4 Å². The molecule has 0 saturated heterocycles. The second kappa shape index (κ2) is 10.3. The van der Waals surface area contributed by atoms with Crippen molar-refractivity contribution in [3.05, 3.63) is 111 Å². The molecule has 4 aromatic rings. The quantitative estimate of drug-likeness (QED) is 0.234. The minimum absolute atomic E-state index is 0.00770. The molecule has 0 saturated carbocycles. The number of nitriles is 1. The SMILES string of the molecule is N#Cc1ccc(C(OCc2ccc(C(F)(F)F)c(F)c2)c2cncs2)cc1-c1ccccc1C(F)(F)F. The molecule has 0 radical (unpaired) electrons. The molecule has 190 valence electrons. The van der Waals surface area contributed by atoms with Crippen LogP contribution in [0, 0.1) is 17.1 Å². The Labute approximate surface area is 210 Å². The number of hydrogen-bond donors (Lipinski definition) is 0. The van der Waals surface area contributed by atoms with Gasteiger partial charge in [-0.05, 0) is 47.0 Å². The monoisotopic (exact) mass is 536 g/mol. The van der Waals surface area contributed by atoms with Crippen LogP contribution in [0.5, 0.6) is 0 Å². The molecule has 1 aromatic heterocycles. The normalized spacial score (nSPS) is 12.8. The lowest BCUT2D eigenvalue weighted by Crippen LogP contribution is -2.10. The molecule has 0 fully saturated rings. The Morgan fingerprint density at radius 2 is 1.62 bits per heavy atom. The summed E-state index contributed by atoms with van der Waals surface area (Å²) in [4.78, 5) is 4.54. The molecule has 3 aromatic carbocycles. The lowest BCUT2D eigenvalue weighted by atomic mass is 9.92. The van der Waals surface area contributed by atoms with Crippen molar-refractivity contribution >= 4 is 11.3 Å². The van der Waals surface area contributed by atoms with Gasteiger partial charge in [-0.25, -0.2) is 4.39 Å². The Kier molecular flexibility index (Phi) is 7.34. The van der Waals surface area contributed by atoms with E-state index in [1.54, 1.807) is 0 Å². The van der Waals surface area contributed by atoms with Crippen molar-refractivity contribution < 1.29 is 35.5 Å². The van der Waals surface area contributed by atoms with Crippen molar-refractivity contribution in [2.24, 2.45) is 0 Å². The second-order valence-electron chi connectivity index (χ2n) is 7.87. The van der Waals surface area contributed by atoms with Crippen LogP contribution < -0.4 is 0 Å². The third-order valence-electron chi connectivity index (χ3n) is 5.45. The van der Waals surface area contributed by atoms with Crippen LogP contribution in [0.25, 0.3) is 11.1 Å².